The van der Waals surface area contributed by atoms with Crippen LogP contribution in [0.15, 0.2) is 29.4 Å². The number of amides is 2. The quantitative estimate of drug-likeness (QED) is 0.590. The number of nitrogens with zero attached hydrogens (tertiary/aromatic N) is 1. The molecule has 1 aromatic rings. The zero-order chi connectivity index (χ0) is 12.0. The molecule has 0 unspecified atom stereocenters. The van der Waals surface area contributed by atoms with E-state index in [1.54, 1.807) is 24.3 Å². The maximum absolute atomic E-state index is 10.8. The van der Waals surface area contributed by atoms with Crippen molar-refractivity contribution in [3.63, 3.8) is 0 Å². The van der Waals surface area contributed by atoms with Crippen LogP contribution in [0.2, 0.25) is 0 Å². The molecule has 2 amide bonds. The number of carbonyl (C=O) groups is 2. The summed E-state index contributed by atoms with van der Waals surface area (Å²) in [5.74, 6) is -0.328. The second kappa shape index (κ2) is 5.65. The molecule has 0 saturated heterocycles. The van der Waals surface area contributed by atoms with Gasteiger partial charge in [-0.25, -0.2) is 5.43 Å². The van der Waals surface area contributed by atoms with Gasteiger partial charge in [-0.1, -0.05) is 12.1 Å². The van der Waals surface area contributed by atoms with Crippen LogP contribution in [-0.4, -0.2) is 18.0 Å². The lowest BCUT2D eigenvalue weighted by atomic mass is 10.2. The van der Waals surface area contributed by atoms with E-state index in [0.717, 1.165) is 11.3 Å². The molecular formula is C11H13N3O2. The van der Waals surface area contributed by atoms with Gasteiger partial charge in [0.15, 0.2) is 0 Å². The molecule has 0 aromatic heterocycles. The molecule has 16 heavy (non-hydrogen) atoms. The van der Waals surface area contributed by atoms with E-state index >= 15 is 0 Å². The number of nitrogens with one attached hydrogen (secondary N) is 2. The van der Waals surface area contributed by atoms with E-state index in [1.165, 1.54) is 20.1 Å². The Morgan fingerprint density at radius 3 is 2.25 bits per heavy atom. The molecule has 0 fully saturated rings. The third kappa shape index (κ3) is 4.36. The Bertz CT molecular complexity index is 410. The van der Waals surface area contributed by atoms with Gasteiger partial charge in [0.05, 0.1) is 6.21 Å². The zero-order valence-electron chi connectivity index (χ0n) is 9.15. The Kier molecular flexibility index (Phi) is 4.20. The van der Waals surface area contributed by atoms with E-state index in [2.05, 4.69) is 15.8 Å². The minimum atomic E-state index is -0.217. The van der Waals surface area contributed by atoms with E-state index < -0.39 is 0 Å². The van der Waals surface area contributed by atoms with Gasteiger partial charge in [-0.15, -0.1) is 0 Å². The summed E-state index contributed by atoms with van der Waals surface area (Å²) >= 11 is 0. The first-order valence-electron chi connectivity index (χ1n) is 4.75. The molecule has 0 radical (unpaired) electrons. The monoisotopic (exact) mass is 219 g/mol. The first-order valence-corrected chi connectivity index (χ1v) is 4.75. The van der Waals surface area contributed by atoms with Crippen molar-refractivity contribution in [3.8, 4) is 0 Å². The Labute approximate surface area is 93.5 Å². The number of hydrazone groups is 1. The number of hydrogen-bond donors (Lipinski definition) is 2. The van der Waals surface area contributed by atoms with Crippen molar-refractivity contribution in [2.24, 2.45) is 5.10 Å². The summed E-state index contributed by atoms with van der Waals surface area (Å²) in [6.45, 7) is 2.84. The summed E-state index contributed by atoms with van der Waals surface area (Å²) in [6.07, 6.45) is 1.53. The first kappa shape index (κ1) is 11.9. The number of anilines is 1. The van der Waals surface area contributed by atoms with E-state index in [1.807, 2.05) is 0 Å². The lowest BCUT2D eigenvalue weighted by molar-refractivity contribution is -0.119. The lowest BCUT2D eigenvalue weighted by Gasteiger charge is -2.01. The van der Waals surface area contributed by atoms with Gasteiger partial charge in [0.25, 0.3) is 0 Å². The number of benzene rings is 1. The topological polar surface area (TPSA) is 70.6 Å². The average molecular weight is 219 g/mol. The smallest absolute Gasteiger partial charge is 0.236 e. The van der Waals surface area contributed by atoms with Gasteiger partial charge in [0.1, 0.15) is 0 Å². The first-order chi connectivity index (χ1) is 7.58. The Morgan fingerprint density at radius 1 is 1.12 bits per heavy atom. The molecule has 0 atom stereocenters. The molecule has 0 heterocycles. The third-order valence-electron chi connectivity index (χ3n) is 1.67. The molecule has 1 aromatic carbocycles. The summed E-state index contributed by atoms with van der Waals surface area (Å²) < 4.78 is 0. The number of carbonyl (C=O) groups excluding carboxylic acids is 2. The summed E-state index contributed by atoms with van der Waals surface area (Å²) in [7, 11) is 0. The molecule has 0 aliphatic rings. The fourth-order valence-corrected chi connectivity index (χ4v) is 1.05. The molecule has 84 valence electrons. The summed E-state index contributed by atoms with van der Waals surface area (Å²) in [4.78, 5) is 21.3. The van der Waals surface area contributed by atoms with E-state index in [9.17, 15) is 9.59 Å². The average Bonchev–Trinajstić information content (AvgIpc) is 2.19. The van der Waals surface area contributed by atoms with Gasteiger partial charge in [-0.05, 0) is 17.7 Å². The zero-order valence-corrected chi connectivity index (χ0v) is 9.15. The minimum absolute atomic E-state index is 0.111. The second-order valence-corrected chi connectivity index (χ2v) is 3.23. The maximum Gasteiger partial charge on any atom is 0.236 e. The maximum atomic E-state index is 10.8. The van der Waals surface area contributed by atoms with Crippen molar-refractivity contribution in [3.05, 3.63) is 29.8 Å². The van der Waals surface area contributed by atoms with Crippen LogP contribution in [0.1, 0.15) is 19.4 Å². The van der Waals surface area contributed by atoms with E-state index in [0.29, 0.717) is 0 Å². The molecule has 5 heteroatoms. The van der Waals surface area contributed by atoms with Crippen LogP contribution < -0.4 is 10.7 Å². The summed E-state index contributed by atoms with van der Waals surface area (Å²) in [5.41, 5.74) is 3.86. The largest absolute Gasteiger partial charge is 0.326 e. The van der Waals surface area contributed by atoms with Crippen LogP contribution >= 0.6 is 0 Å². The van der Waals surface area contributed by atoms with Crippen molar-refractivity contribution >= 4 is 23.7 Å². The normalized spacial score (nSPS) is 10.1. The number of rotatable bonds is 3. The van der Waals surface area contributed by atoms with E-state index in [4.69, 9.17) is 0 Å². The molecule has 0 bridgehead atoms. The Balaban J connectivity index is 2.60. The Morgan fingerprint density at radius 2 is 1.75 bits per heavy atom. The summed E-state index contributed by atoms with van der Waals surface area (Å²) in [5, 5.41) is 6.37. The third-order valence-corrected chi connectivity index (χ3v) is 1.67. The van der Waals surface area contributed by atoms with Gasteiger partial charge < -0.3 is 5.32 Å². The predicted molar refractivity (Wildman–Crippen MR) is 62.2 cm³/mol. The molecule has 0 aliphatic heterocycles. The van der Waals surface area contributed by atoms with Crippen molar-refractivity contribution in [1.29, 1.82) is 0 Å². The molecule has 0 spiro atoms. The Hall–Kier alpha value is -2.17. The van der Waals surface area contributed by atoms with Crippen LogP contribution in [0.25, 0.3) is 0 Å². The van der Waals surface area contributed by atoms with Crippen LogP contribution in [-0.2, 0) is 9.59 Å². The molecule has 1 rings (SSSR count). The second-order valence-electron chi connectivity index (χ2n) is 3.23. The highest BCUT2D eigenvalue weighted by atomic mass is 16.2. The van der Waals surface area contributed by atoms with E-state index in [-0.39, 0.29) is 11.8 Å². The summed E-state index contributed by atoms with van der Waals surface area (Å²) in [6, 6.07) is 7.10. The standard InChI is InChI=1S/C11H13N3O2/c1-8(15)13-11-5-3-10(4-6-11)7-12-14-9(2)16/h3-7H,1-2H3,(H,13,15)(H,14,16)/b12-7+. The van der Waals surface area contributed by atoms with Crippen molar-refractivity contribution in [2.45, 2.75) is 13.8 Å². The SMILES string of the molecule is CC(=O)N/N=C/c1ccc(NC(C)=O)cc1. The number of hydrogen-bond acceptors (Lipinski definition) is 3. The molecule has 0 aliphatic carbocycles. The van der Waals surface area contributed by atoms with Crippen LogP contribution in [0, 0.1) is 0 Å². The molecule has 5 nitrogen and oxygen atoms in total. The fourth-order valence-electron chi connectivity index (χ4n) is 1.05. The fraction of sp³-hybridized carbons (Fsp3) is 0.182. The van der Waals surface area contributed by atoms with Gasteiger partial charge >= 0.3 is 0 Å². The highest BCUT2D eigenvalue weighted by molar-refractivity contribution is 5.89. The minimum Gasteiger partial charge on any atom is -0.326 e. The van der Waals surface area contributed by atoms with Crippen molar-refractivity contribution in [1.82, 2.24) is 5.43 Å². The van der Waals surface area contributed by atoms with Crippen LogP contribution in [0.4, 0.5) is 5.69 Å². The highest BCUT2D eigenvalue weighted by Crippen LogP contribution is 2.07. The van der Waals surface area contributed by atoms with Gasteiger partial charge in [0, 0.05) is 19.5 Å². The predicted octanol–water partition coefficient (Wildman–Crippen LogP) is 1.12. The van der Waals surface area contributed by atoms with Crippen LogP contribution in [0.5, 0.6) is 0 Å². The highest BCUT2D eigenvalue weighted by Gasteiger charge is 1.94. The van der Waals surface area contributed by atoms with Crippen molar-refractivity contribution < 1.29 is 9.59 Å². The molecule has 0 saturated carbocycles. The van der Waals surface area contributed by atoms with Gasteiger partial charge in [-0.3, -0.25) is 9.59 Å². The lowest BCUT2D eigenvalue weighted by Crippen LogP contribution is -2.12. The molecule has 2 N–H and O–H groups in total. The molecular weight excluding hydrogens is 206 g/mol. The van der Waals surface area contributed by atoms with Crippen LogP contribution in [0.3, 0.4) is 0 Å². The van der Waals surface area contributed by atoms with Gasteiger partial charge in [0.2, 0.25) is 11.8 Å². The van der Waals surface area contributed by atoms with Crippen molar-refractivity contribution in [2.75, 3.05) is 5.32 Å². The van der Waals surface area contributed by atoms with Gasteiger partial charge in [-0.2, -0.15) is 5.10 Å².